The van der Waals surface area contributed by atoms with E-state index in [1.807, 2.05) is 0 Å². The molecule has 0 aromatic carbocycles. The van der Waals surface area contributed by atoms with Crippen molar-refractivity contribution in [3.63, 3.8) is 0 Å². The number of carboxylic acid groups (broad SMARTS) is 1. The molecule has 11 nitrogen and oxygen atoms in total. The van der Waals surface area contributed by atoms with Crippen LogP contribution in [0.1, 0.15) is 26.7 Å². The van der Waals surface area contributed by atoms with Crippen molar-refractivity contribution in [1.82, 2.24) is 16.0 Å². The number of aliphatic carboxylic acids is 1. The molecular formula is C14H25N5O6. The van der Waals surface area contributed by atoms with Gasteiger partial charge < -0.3 is 32.5 Å². The highest BCUT2D eigenvalue weighted by atomic mass is 16.4. The van der Waals surface area contributed by atoms with E-state index in [2.05, 4.69) is 16.0 Å². The standard InChI is InChI=1S/C14H25N5O6/c1-7(2)12(14(24)25)19-11(22)6-17-10(21)5-18-13(23)8(15)3-4-9(16)20/h7-8,12H,3-6,15H2,1-2H3,(H2,16,20)(H,17,21)(H,18,23)(H,19,22)(H,24,25). The second-order valence-electron chi connectivity index (χ2n) is 5.73. The molecule has 0 spiro atoms. The van der Waals surface area contributed by atoms with Crippen molar-refractivity contribution in [3.05, 3.63) is 0 Å². The summed E-state index contributed by atoms with van der Waals surface area (Å²) in [6, 6.07) is -2.04. The van der Waals surface area contributed by atoms with Crippen LogP contribution >= 0.6 is 0 Å². The van der Waals surface area contributed by atoms with Crippen LogP contribution in [0.4, 0.5) is 0 Å². The lowest BCUT2D eigenvalue weighted by atomic mass is 10.1. The summed E-state index contributed by atoms with van der Waals surface area (Å²) in [7, 11) is 0. The minimum absolute atomic E-state index is 0.0526. The van der Waals surface area contributed by atoms with Gasteiger partial charge in [0.1, 0.15) is 6.04 Å². The van der Waals surface area contributed by atoms with E-state index < -0.39 is 54.8 Å². The number of amides is 4. The summed E-state index contributed by atoms with van der Waals surface area (Å²) in [6.45, 7) is 2.42. The molecule has 142 valence electrons. The fraction of sp³-hybridized carbons (Fsp3) is 0.643. The molecule has 0 bridgehead atoms. The Morgan fingerprint density at radius 1 is 1.00 bits per heavy atom. The first-order chi connectivity index (χ1) is 11.5. The van der Waals surface area contributed by atoms with Gasteiger partial charge in [-0.25, -0.2) is 4.79 Å². The lowest BCUT2D eigenvalue weighted by Gasteiger charge is -2.18. The molecular weight excluding hydrogens is 334 g/mol. The molecule has 0 radical (unpaired) electrons. The molecule has 0 aliphatic rings. The number of primary amides is 1. The van der Waals surface area contributed by atoms with Crippen LogP contribution in [0.3, 0.4) is 0 Å². The van der Waals surface area contributed by atoms with E-state index in [1.165, 1.54) is 0 Å². The lowest BCUT2D eigenvalue weighted by Crippen LogP contribution is -2.49. The highest BCUT2D eigenvalue weighted by Gasteiger charge is 2.23. The number of carbonyl (C=O) groups excluding carboxylic acids is 4. The van der Waals surface area contributed by atoms with Crippen molar-refractivity contribution in [2.24, 2.45) is 17.4 Å². The largest absolute Gasteiger partial charge is 0.480 e. The average Bonchev–Trinajstić information content (AvgIpc) is 2.52. The topological polar surface area (TPSA) is 194 Å². The van der Waals surface area contributed by atoms with Crippen LogP contribution in [-0.2, 0) is 24.0 Å². The third kappa shape index (κ3) is 9.91. The zero-order valence-corrected chi connectivity index (χ0v) is 14.2. The highest BCUT2D eigenvalue weighted by molar-refractivity contribution is 5.90. The number of carbonyl (C=O) groups is 5. The van der Waals surface area contributed by atoms with Crippen LogP contribution in [0.25, 0.3) is 0 Å². The summed E-state index contributed by atoms with van der Waals surface area (Å²) < 4.78 is 0. The summed E-state index contributed by atoms with van der Waals surface area (Å²) in [4.78, 5) is 56.3. The normalized spacial score (nSPS) is 12.8. The average molecular weight is 359 g/mol. The second-order valence-corrected chi connectivity index (χ2v) is 5.73. The third-order valence-electron chi connectivity index (χ3n) is 3.16. The highest BCUT2D eigenvalue weighted by Crippen LogP contribution is 2.01. The van der Waals surface area contributed by atoms with Gasteiger partial charge in [0.25, 0.3) is 0 Å². The summed E-state index contributed by atoms with van der Waals surface area (Å²) in [5, 5.41) is 15.7. The van der Waals surface area contributed by atoms with Gasteiger partial charge in [0.05, 0.1) is 19.1 Å². The van der Waals surface area contributed by atoms with E-state index in [1.54, 1.807) is 13.8 Å². The molecule has 0 aliphatic heterocycles. The number of carboxylic acids is 1. The van der Waals surface area contributed by atoms with Crippen molar-refractivity contribution in [2.45, 2.75) is 38.8 Å². The smallest absolute Gasteiger partial charge is 0.326 e. The van der Waals surface area contributed by atoms with Crippen LogP contribution in [-0.4, -0.2) is 59.9 Å². The number of nitrogens with one attached hydrogen (secondary N) is 3. The summed E-state index contributed by atoms with van der Waals surface area (Å²) in [5.74, 6) is -4.04. The molecule has 0 heterocycles. The van der Waals surface area contributed by atoms with Gasteiger partial charge in [0.15, 0.2) is 0 Å². The Hall–Kier alpha value is -2.69. The van der Waals surface area contributed by atoms with E-state index in [0.29, 0.717) is 0 Å². The molecule has 0 fully saturated rings. The zero-order chi connectivity index (χ0) is 19.6. The Bertz CT molecular complexity index is 522. The van der Waals surface area contributed by atoms with Crippen LogP contribution < -0.4 is 27.4 Å². The summed E-state index contributed by atoms with van der Waals surface area (Å²) >= 11 is 0. The van der Waals surface area contributed by atoms with Gasteiger partial charge >= 0.3 is 5.97 Å². The fourth-order valence-corrected chi connectivity index (χ4v) is 1.71. The van der Waals surface area contributed by atoms with E-state index >= 15 is 0 Å². The van der Waals surface area contributed by atoms with Crippen molar-refractivity contribution in [1.29, 1.82) is 0 Å². The molecule has 2 atom stereocenters. The summed E-state index contributed by atoms with van der Waals surface area (Å²) in [5.41, 5.74) is 10.5. The molecule has 25 heavy (non-hydrogen) atoms. The lowest BCUT2D eigenvalue weighted by molar-refractivity contribution is -0.143. The Balaban J connectivity index is 4.14. The Kier molecular flexibility index (Phi) is 9.79. The van der Waals surface area contributed by atoms with Gasteiger partial charge in [-0.15, -0.1) is 0 Å². The molecule has 0 rings (SSSR count). The predicted molar refractivity (Wildman–Crippen MR) is 86.8 cm³/mol. The maximum Gasteiger partial charge on any atom is 0.326 e. The maximum atomic E-state index is 11.6. The monoisotopic (exact) mass is 359 g/mol. The number of hydrogen-bond acceptors (Lipinski definition) is 6. The Morgan fingerprint density at radius 2 is 1.56 bits per heavy atom. The molecule has 4 amide bonds. The minimum atomic E-state index is -1.17. The number of rotatable bonds is 11. The second kappa shape index (κ2) is 11.0. The maximum absolute atomic E-state index is 11.6. The molecule has 8 N–H and O–H groups in total. The summed E-state index contributed by atoms with van der Waals surface area (Å²) in [6.07, 6.45) is -0.00147. The van der Waals surface area contributed by atoms with Crippen LogP contribution in [0.15, 0.2) is 0 Å². The quantitative estimate of drug-likeness (QED) is 0.227. The van der Waals surface area contributed by atoms with Gasteiger partial charge in [0.2, 0.25) is 23.6 Å². The third-order valence-corrected chi connectivity index (χ3v) is 3.16. The SMILES string of the molecule is CC(C)C(NC(=O)CNC(=O)CNC(=O)C(N)CCC(N)=O)C(=O)O. The van der Waals surface area contributed by atoms with Gasteiger partial charge in [-0.3, -0.25) is 19.2 Å². The number of hydrogen-bond donors (Lipinski definition) is 6. The Labute approximate surface area is 144 Å². The first-order valence-corrected chi connectivity index (χ1v) is 7.65. The van der Waals surface area contributed by atoms with E-state index in [9.17, 15) is 24.0 Å². The zero-order valence-electron chi connectivity index (χ0n) is 14.2. The molecule has 0 aromatic rings. The van der Waals surface area contributed by atoms with E-state index in [4.69, 9.17) is 16.6 Å². The molecule has 0 saturated carbocycles. The van der Waals surface area contributed by atoms with Gasteiger partial charge in [-0.05, 0) is 12.3 Å². The fourth-order valence-electron chi connectivity index (χ4n) is 1.71. The molecule has 0 saturated heterocycles. The molecule has 11 heteroatoms. The Morgan fingerprint density at radius 3 is 2.04 bits per heavy atom. The van der Waals surface area contributed by atoms with Crippen LogP contribution in [0.5, 0.6) is 0 Å². The van der Waals surface area contributed by atoms with Crippen molar-refractivity contribution < 1.29 is 29.1 Å². The minimum Gasteiger partial charge on any atom is -0.480 e. The molecule has 0 aliphatic carbocycles. The number of nitrogens with two attached hydrogens (primary N) is 2. The van der Waals surface area contributed by atoms with Crippen LogP contribution in [0.2, 0.25) is 0 Å². The van der Waals surface area contributed by atoms with Crippen molar-refractivity contribution in [2.75, 3.05) is 13.1 Å². The van der Waals surface area contributed by atoms with E-state index in [0.717, 1.165) is 0 Å². The predicted octanol–water partition coefficient (Wildman–Crippen LogP) is -2.96. The first-order valence-electron chi connectivity index (χ1n) is 7.65. The molecule has 0 aromatic heterocycles. The van der Waals surface area contributed by atoms with Crippen LogP contribution in [0, 0.1) is 5.92 Å². The van der Waals surface area contributed by atoms with Crippen molar-refractivity contribution >= 4 is 29.6 Å². The van der Waals surface area contributed by atoms with E-state index in [-0.39, 0.29) is 18.8 Å². The first kappa shape index (κ1) is 22.3. The van der Waals surface area contributed by atoms with Crippen molar-refractivity contribution in [3.8, 4) is 0 Å². The van der Waals surface area contributed by atoms with Gasteiger partial charge in [-0.1, -0.05) is 13.8 Å². The van der Waals surface area contributed by atoms with Gasteiger partial charge in [-0.2, -0.15) is 0 Å². The molecule has 2 unspecified atom stereocenters. The van der Waals surface area contributed by atoms with Gasteiger partial charge in [0, 0.05) is 6.42 Å².